The van der Waals surface area contributed by atoms with Crippen LogP contribution in [0.1, 0.15) is 27.8 Å². The van der Waals surface area contributed by atoms with Crippen molar-refractivity contribution in [2.24, 2.45) is 5.73 Å². The van der Waals surface area contributed by atoms with Crippen molar-refractivity contribution in [3.05, 3.63) is 20.3 Å². The normalized spacial score (nSPS) is 16.7. The van der Waals surface area contributed by atoms with E-state index in [4.69, 9.17) is 22.4 Å². The Hall–Kier alpha value is -0.580. The first-order valence-electron chi connectivity index (χ1n) is 4.39. The highest BCUT2D eigenvalue weighted by molar-refractivity contribution is 7.13. The fraction of sp³-hybridized carbons (Fsp3) is 0.444. The van der Waals surface area contributed by atoms with Gasteiger partial charge in [0, 0.05) is 4.88 Å². The van der Waals surface area contributed by atoms with E-state index in [0.717, 1.165) is 24.8 Å². The number of hydrogen-bond acceptors (Lipinski definition) is 3. The lowest BCUT2D eigenvalue weighted by molar-refractivity contribution is -0.138. The molecule has 0 aromatic carbocycles. The summed E-state index contributed by atoms with van der Waals surface area (Å²) in [5.74, 6) is -1.02. The summed E-state index contributed by atoms with van der Waals surface area (Å²) in [5, 5.41) is 9.35. The van der Waals surface area contributed by atoms with Crippen LogP contribution in [-0.4, -0.2) is 11.1 Å². The Morgan fingerprint density at radius 1 is 1.57 bits per heavy atom. The van der Waals surface area contributed by atoms with Crippen LogP contribution in [-0.2, 0) is 17.6 Å². The summed E-state index contributed by atoms with van der Waals surface area (Å²) >= 11 is 7.52. The second kappa shape index (κ2) is 3.53. The summed E-state index contributed by atoms with van der Waals surface area (Å²) in [5.41, 5.74) is 6.64. The summed E-state index contributed by atoms with van der Waals surface area (Å²) in [4.78, 5) is 12.5. The number of carboxylic acid groups (broad SMARTS) is 1. The average Bonchev–Trinajstić information content (AvgIpc) is 2.68. The number of halogens is 1. The van der Waals surface area contributed by atoms with E-state index in [2.05, 4.69) is 0 Å². The SMILES string of the molecule is NC(C(=O)O)c1sc2c(c1Cl)CCC2. The molecule has 1 atom stereocenters. The molecule has 0 amide bonds. The molecule has 1 aromatic heterocycles. The molecule has 2 rings (SSSR count). The van der Waals surface area contributed by atoms with Crippen LogP contribution in [0.25, 0.3) is 0 Å². The van der Waals surface area contributed by atoms with Crippen LogP contribution in [0.15, 0.2) is 0 Å². The number of aliphatic carboxylic acids is 1. The summed E-state index contributed by atoms with van der Waals surface area (Å²) in [6.45, 7) is 0. The molecule has 0 aliphatic heterocycles. The molecule has 0 fully saturated rings. The molecule has 1 unspecified atom stereocenters. The zero-order valence-corrected chi connectivity index (χ0v) is 8.99. The van der Waals surface area contributed by atoms with E-state index in [1.165, 1.54) is 16.2 Å². The van der Waals surface area contributed by atoms with Gasteiger partial charge < -0.3 is 10.8 Å². The third-order valence-electron chi connectivity index (χ3n) is 2.43. The molecule has 14 heavy (non-hydrogen) atoms. The molecule has 0 spiro atoms. The Morgan fingerprint density at radius 2 is 2.29 bits per heavy atom. The maximum absolute atomic E-state index is 10.7. The minimum absolute atomic E-state index is 0.581. The van der Waals surface area contributed by atoms with E-state index in [1.807, 2.05) is 0 Å². The van der Waals surface area contributed by atoms with Gasteiger partial charge >= 0.3 is 5.97 Å². The van der Waals surface area contributed by atoms with Crippen LogP contribution < -0.4 is 5.73 Å². The summed E-state index contributed by atoms with van der Waals surface area (Å²) in [6.07, 6.45) is 3.08. The van der Waals surface area contributed by atoms with Gasteiger partial charge in [-0.1, -0.05) is 11.6 Å². The van der Waals surface area contributed by atoms with E-state index >= 15 is 0 Å². The lowest BCUT2D eigenvalue weighted by Gasteiger charge is -2.04. The fourth-order valence-electron chi connectivity index (χ4n) is 1.70. The molecular weight excluding hydrogens is 222 g/mol. The molecule has 0 saturated carbocycles. The van der Waals surface area contributed by atoms with Crippen LogP contribution >= 0.6 is 22.9 Å². The highest BCUT2D eigenvalue weighted by Crippen LogP contribution is 2.40. The molecule has 0 saturated heterocycles. The molecular formula is C9H10ClNO2S. The van der Waals surface area contributed by atoms with Crippen molar-refractivity contribution in [2.75, 3.05) is 0 Å². The number of nitrogens with two attached hydrogens (primary N) is 1. The van der Waals surface area contributed by atoms with Crippen molar-refractivity contribution in [1.29, 1.82) is 0 Å². The lowest BCUT2D eigenvalue weighted by atomic mass is 10.2. The Labute approximate surface area is 90.5 Å². The molecule has 1 heterocycles. The van der Waals surface area contributed by atoms with Crippen molar-refractivity contribution in [3.63, 3.8) is 0 Å². The van der Waals surface area contributed by atoms with Crippen LogP contribution in [0, 0.1) is 0 Å². The van der Waals surface area contributed by atoms with Gasteiger partial charge in [0.05, 0.1) is 9.90 Å². The van der Waals surface area contributed by atoms with Crippen molar-refractivity contribution in [1.82, 2.24) is 0 Å². The second-order valence-corrected chi connectivity index (χ2v) is 4.87. The highest BCUT2D eigenvalue weighted by Gasteiger charge is 2.26. The van der Waals surface area contributed by atoms with Crippen molar-refractivity contribution < 1.29 is 9.90 Å². The van der Waals surface area contributed by atoms with E-state index < -0.39 is 12.0 Å². The number of carboxylic acids is 1. The van der Waals surface area contributed by atoms with Gasteiger partial charge in [-0.3, -0.25) is 4.79 Å². The molecule has 76 valence electrons. The molecule has 5 heteroatoms. The third kappa shape index (κ3) is 1.43. The summed E-state index contributed by atoms with van der Waals surface area (Å²) < 4.78 is 0. The first-order chi connectivity index (χ1) is 6.61. The number of fused-ring (bicyclic) bond motifs is 1. The Kier molecular flexibility index (Phi) is 2.51. The predicted molar refractivity (Wildman–Crippen MR) is 55.9 cm³/mol. The van der Waals surface area contributed by atoms with Gasteiger partial charge in [0.25, 0.3) is 0 Å². The topological polar surface area (TPSA) is 63.3 Å². The van der Waals surface area contributed by atoms with Crippen molar-refractivity contribution in [3.8, 4) is 0 Å². The zero-order chi connectivity index (χ0) is 10.3. The van der Waals surface area contributed by atoms with Crippen molar-refractivity contribution >= 4 is 28.9 Å². The van der Waals surface area contributed by atoms with Crippen LogP contribution in [0.3, 0.4) is 0 Å². The predicted octanol–water partition coefficient (Wildman–Crippen LogP) is 1.97. The van der Waals surface area contributed by atoms with Gasteiger partial charge in [-0.15, -0.1) is 11.3 Å². The molecule has 3 nitrogen and oxygen atoms in total. The van der Waals surface area contributed by atoms with Gasteiger partial charge in [0.1, 0.15) is 6.04 Å². The van der Waals surface area contributed by atoms with Gasteiger partial charge in [-0.05, 0) is 24.8 Å². The standard InChI is InChI=1S/C9H10ClNO2S/c10-6-4-2-1-3-5(4)14-8(6)7(11)9(12)13/h7H,1-3,11H2,(H,12,13). The maximum Gasteiger partial charge on any atom is 0.326 e. The number of thiophene rings is 1. The molecule has 1 aliphatic carbocycles. The largest absolute Gasteiger partial charge is 0.480 e. The van der Waals surface area contributed by atoms with Crippen LogP contribution in [0.5, 0.6) is 0 Å². The van der Waals surface area contributed by atoms with E-state index in [9.17, 15) is 4.79 Å². The minimum atomic E-state index is -1.02. The number of rotatable bonds is 2. The lowest BCUT2D eigenvalue weighted by Crippen LogP contribution is -2.19. The van der Waals surface area contributed by atoms with Gasteiger partial charge in [0.15, 0.2) is 0 Å². The zero-order valence-electron chi connectivity index (χ0n) is 7.42. The van der Waals surface area contributed by atoms with Gasteiger partial charge in [-0.25, -0.2) is 0 Å². The number of hydrogen-bond donors (Lipinski definition) is 2. The number of carbonyl (C=O) groups is 1. The average molecular weight is 232 g/mol. The van der Waals surface area contributed by atoms with E-state index in [1.54, 1.807) is 0 Å². The smallest absolute Gasteiger partial charge is 0.326 e. The Balaban J connectivity index is 2.41. The van der Waals surface area contributed by atoms with Crippen molar-refractivity contribution in [2.45, 2.75) is 25.3 Å². The van der Waals surface area contributed by atoms with Gasteiger partial charge in [-0.2, -0.15) is 0 Å². The molecule has 1 aromatic rings. The van der Waals surface area contributed by atoms with Crippen LogP contribution in [0.2, 0.25) is 5.02 Å². The Bertz CT molecular complexity index is 388. The Morgan fingerprint density at radius 3 is 2.86 bits per heavy atom. The van der Waals surface area contributed by atoms with Crippen LogP contribution in [0.4, 0.5) is 0 Å². The molecule has 3 N–H and O–H groups in total. The third-order valence-corrected chi connectivity index (χ3v) is 4.35. The molecule has 1 aliphatic rings. The maximum atomic E-state index is 10.7. The quantitative estimate of drug-likeness (QED) is 0.818. The molecule has 0 radical (unpaired) electrons. The fourth-order valence-corrected chi connectivity index (χ4v) is 3.48. The van der Waals surface area contributed by atoms with Gasteiger partial charge in [0.2, 0.25) is 0 Å². The first-order valence-corrected chi connectivity index (χ1v) is 5.59. The highest BCUT2D eigenvalue weighted by atomic mass is 35.5. The number of aryl methyl sites for hydroxylation is 1. The van der Waals surface area contributed by atoms with E-state index in [0.29, 0.717) is 9.90 Å². The summed E-state index contributed by atoms with van der Waals surface area (Å²) in [6, 6.07) is -0.974. The monoisotopic (exact) mass is 231 g/mol. The molecule has 0 bridgehead atoms. The summed E-state index contributed by atoms with van der Waals surface area (Å²) in [7, 11) is 0. The minimum Gasteiger partial charge on any atom is -0.480 e. The van der Waals surface area contributed by atoms with E-state index in [-0.39, 0.29) is 0 Å². The second-order valence-electron chi connectivity index (χ2n) is 3.35. The first kappa shape index (κ1) is 9.96.